The number of rotatable bonds is 3. The standard InChI is InChI=1S/C13H12ClN3O3/c14-11-9(4-3-5-10(11)17(19)20)12(18)16-13(8-15)6-1-2-7-13/h3-5H,1-2,6-7H2,(H,16,18). The number of nitriles is 1. The molecule has 0 spiro atoms. The Morgan fingerprint density at radius 2 is 2.10 bits per heavy atom. The normalized spacial score (nSPS) is 16.4. The van der Waals surface area contributed by atoms with E-state index < -0.39 is 16.4 Å². The van der Waals surface area contributed by atoms with Gasteiger partial charge in [0.1, 0.15) is 10.6 Å². The Morgan fingerprint density at radius 3 is 2.65 bits per heavy atom. The van der Waals surface area contributed by atoms with Crippen LogP contribution in [0.3, 0.4) is 0 Å². The van der Waals surface area contributed by atoms with E-state index >= 15 is 0 Å². The number of carbonyl (C=O) groups is 1. The van der Waals surface area contributed by atoms with Gasteiger partial charge in [-0.25, -0.2) is 0 Å². The van der Waals surface area contributed by atoms with E-state index in [-0.39, 0.29) is 16.3 Å². The van der Waals surface area contributed by atoms with E-state index in [2.05, 4.69) is 11.4 Å². The number of hydrogen-bond donors (Lipinski definition) is 1. The molecule has 20 heavy (non-hydrogen) atoms. The summed E-state index contributed by atoms with van der Waals surface area (Å²) < 4.78 is 0. The number of carbonyl (C=O) groups excluding carboxylic acids is 1. The number of halogens is 1. The van der Waals surface area contributed by atoms with Gasteiger partial charge in [-0.05, 0) is 31.7 Å². The Kier molecular flexibility index (Phi) is 3.91. The highest BCUT2D eigenvalue weighted by Gasteiger charge is 2.36. The fourth-order valence-corrected chi connectivity index (χ4v) is 2.64. The van der Waals surface area contributed by atoms with Gasteiger partial charge >= 0.3 is 0 Å². The van der Waals surface area contributed by atoms with Crippen molar-refractivity contribution in [1.82, 2.24) is 5.32 Å². The molecule has 1 aliphatic rings. The molecule has 0 heterocycles. The number of amides is 1. The van der Waals surface area contributed by atoms with Crippen LogP contribution in [0.5, 0.6) is 0 Å². The van der Waals surface area contributed by atoms with Gasteiger partial charge in [0, 0.05) is 6.07 Å². The lowest BCUT2D eigenvalue weighted by molar-refractivity contribution is -0.384. The predicted molar refractivity (Wildman–Crippen MR) is 72.4 cm³/mol. The topological polar surface area (TPSA) is 96.0 Å². The average molecular weight is 294 g/mol. The number of nitrogens with one attached hydrogen (secondary N) is 1. The summed E-state index contributed by atoms with van der Waals surface area (Å²) >= 11 is 5.89. The number of benzene rings is 1. The number of hydrogen-bond acceptors (Lipinski definition) is 4. The molecule has 0 aromatic heterocycles. The zero-order valence-electron chi connectivity index (χ0n) is 10.6. The first-order valence-electron chi connectivity index (χ1n) is 6.16. The second-order valence-corrected chi connectivity index (χ2v) is 5.13. The summed E-state index contributed by atoms with van der Waals surface area (Å²) in [6, 6.07) is 6.16. The van der Waals surface area contributed by atoms with Crippen molar-refractivity contribution >= 4 is 23.2 Å². The molecule has 1 amide bonds. The lowest BCUT2D eigenvalue weighted by Gasteiger charge is -2.22. The van der Waals surface area contributed by atoms with Gasteiger partial charge in [0.05, 0.1) is 16.6 Å². The van der Waals surface area contributed by atoms with Crippen molar-refractivity contribution in [1.29, 1.82) is 5.26 Å². The van der Waals surface area contributed by atoms with Gasteiger partial charge < -0.3 is 5.32 Å². The second-order valence-electron chi connectivity index (χ2n) is 4.75. The highest BCUT2D eigenvalue weighted by atomic mass is 35.5. The van der Waals surface area contributed by atoms with Gasteiger partial charge in [0.25, 0.3) is 11.6 Å². The van der Waals surface area contributed by atoms with E-state index in [9.17, 15) is 20.2 Å². The molecule has 1 aliphatic carbocycles. The molecule has 1 N–H and O–H groups in total. The highest BCUT2D eigenvalue weighted by Crippen LogP contribution is 2.31. The average Bonchev–Trinajstić information content (AvgIpc) is 2.87. The van der Waals surface area contributed by atoms with E-state index in [0.717, 1.165) is 12.8 Å². The van der Waals surface area contributed by atoms with Crippen LogP contribution in [-0.2, 0) is 0 Å². The number of nitro benzene ring substituents is 1. The lowest BCUT2D eigenvalue weighted by Crippen LogP contribution is -2.45. The largest absolute Gasteiger partial charge is 0.334 e. The zero-order valence-corrected chi connectivity index (χ0v) is 11.3. The maximum Gasteiger partial charge on any atom is 0.288 e. The monoisotopic (exact) mass is 293 g/mol. The van der Waals surface area contributed by atoms with Crippen LogP contribution in [0.1, 0.15) is 36.0 Å². The maximum absolute atomic E-state index is 12.2. The summed E-state index contributed by atoms with van der Waals surface area (Å²) in [5.74, 6) is -0.554. The van der Waals surface area contributed by atoms with E-state index in [1.807, 2.05) is 0 Å². The zero-order chi connectivity index (χ0) is 14.8. The van der Waals surface area contributed by atoms with Crippen LogP contribution in [0.2, 0.25) is 5.02 Å². The van der Waals surface area contributed by atoms with Gasteiger partial charge in [0.2, 0.25) is 0 Å². The van der Waals surface area contributed by atoms with Crippen molar-refractivity contribution in [3.05, 3.63) is 38.9 Å². The van der Waals surface area contributed by atoms with Gasteiger partial charge in [0.15, 0.2) is 0 Å². The first kappa shape index (κ1) is 14.3. The molecule has 0 atom stereocenters. The van der Waals surface area contributed by atoms with Gasteiger partial charge in [-0.1, -0.05) is 17.7 Å². The molecule has 0 radical (unpaired) electrons. The molecule has 6 nitrogen and oxygen atoms in total. The van der Waals surface area contributed by atoms with Crippen molar-refractivity contribution in [2.75, 3.05) is 0 Å². The van der Waals surface area contributed by atoms with Crippen molar-refractivity contribution in [2.24, 2.45) is 0 Å². The summed E-state index contributed by atoms with van der Waals surface area (Å²) in [7, 11) is 0. The highest BCUT2D eigenvalue weighted by molar-refractivity contribution is 6.35. The van der Waals surface area contributed by atoms with Gasteiger partial charge in [-0.2, -0.15) is 5.26 Å². The molecule has 2 rings (SSSR count). The number of nitro groups is 1. The molecule has 1 saturated carbocycles. The third-order valence-electron chi connectivity index (χ3n) is 3.44. The Balaban J connectivity index is 2.28. The fraction of sp³-hybridized carbons (Fsp3) is 0.385. The summed E-state index contributed by atoms with van der Waals surface area (Å²) in [6.45, 7) is 0. The molecule has 1 fully saturated rings. The van der Waals surface area contributed by atoms with Crippen molar-refractivity contribution in [3.63, 3.8) is 0 Å². The predicted octanol–water partition coefficient (Wildman–Crippen LogP) is 2.81. The summed E-state index contributed by atoms with van der Waals surface area (Å²) in [5, 5.41) is 22.5. The van der Waals surface area contributed by atoms with Crippen molar-refractivity contribution in [2.45, 2.75) is 31.2 Å². The van der Waals surface area contributed by atoms with E-state index in [0.29, 0.717) is 12.8 Å². The fourth-order valence-electron chi connectivity index (χ4n) is 2.36. The minimum absolute atomic E-state index is 0.0161. The van der Waals surface area contributed by atoms with Crippen LogP contribution in [0.15, 0.2) is 18.2 Å². The molecule has 0 bridgehead atoms. The van der Waals surface area contributed by atoms with E-state index in [4.69, 9.17) is 11.6 Å². The second kappa shape index (κ2) is 5.47. The minimum atomic E-state index is -0.884. The SMILES string of the molecule is N#CC1(NC(=O)c2cccc([N+](=O)[O-])c2Cl)CCCC1. The van der Waals surface area contributed by atoms with Crippen LogP contribution >= 0.6 is 11.6 Å². The Bertz CT molecular complexity index is 603. The maximum atomic E-state index is 12.2. The van der Waals surface area contributed by atoms with Crippen LogP contribution in [-0.4, -0.2) is 16.4 Å². The third kappa shape index (κ3) is 2.58. The Hall–Kier alpha value is -2.13. The molecule has 1 aromatic carbocycles. The Morgan fingerprint density at radius 1 is 1.45 bits per heavy atom. The van der Waals surface area contributed by atoms with Gasteiger partial charge in [-0.3, -0.25) is 14.9 Å². The molecule has 7 heteroatoms. The molecule has 104 valence electrons. The third-order valence-corrected chi connectivity index (χ3v) is 3.84. The lowest BCUT2D eigenvalue weighted by atomic mass is 9.99. The quantitative estimate of drug-likeness (QED) is 0.684. The van der Waals surface area contributed by atoms with Crippen LogP contribution in [0.4, 0.5) is 5.69 Å². The smallest absolute Gasteiger partial charge is 0.288 e. The van der Waals surface area contributed by atoms with Crippen molar-refractivity contribution in [3.8, 4) is 6.07 Å². The van der Waals surface area contributed by atoms with Crippen LogP contribution in [0, 0.1) is 21.4 Å². The molecule has 0 aliphatic heterocycles. The number of nitrogens with zero attached hydrogens (tertiary/aromatic N) is 2. The molecular formula is C13H12ClN3O3. The molecular weight excluding hydrogens is 282 g/mol. The minimum Gasteiger partial charge on any atom is -0.334 e. The van der Waals surface area contributed by atoms with E-state index in [1.165, 1.54) is 18.2 Å². The van der Waals surface area contributed by atoms with Crippen molar-refractivity contribution < 1.29 is 9.72 Å². The Labute approximate surface area is 120 Å². The summed E-state index contributed by atoms with van der Waals surface area (Å²) in [5.41, 5.74) is -1.19. The summed E-state index contributed by atoms with van der Waals surface area (Å²) in [6.07, 6.45) is 2.91. The van der Waals surface area contributed by atoms with Crippen LogP contribution < -0.4 is 5.32 Å². The summed E-state index contributed by atoms with van der Waals surface area (Å²) in [4.78, 5) is 22.3. The molecule has 1 aromatic rings. The van der Waals surface area contributed by atoms with E-state index in [1.54, 1.807) is 0 Å². The molecule has 0 saturated heterocycles. The van der Waals surface area contributed by atoms with Crippen LogP contribution in [0.25, 0.3) is 0 Å². The first-order valence-corrected chi connectivity index (χ1v) is 6.53. The molecule has 0 unspecified atom stereocenters. The van der Waals surface area contributed by atoms with Gasteiger partial charge in [-0.15, -0.1) is 0 Å². The first-order chi connectivity index (χ1) is 9.49.